The number of hydrogen-bond donors (Lipinski definition) is 0. The van der Waals surface area contributed by atoms with E-state index in [4.69, 9.17) is 0 Å². The summed E-state index contributed by atoms with van der Waals surface area (Å²) in [7, 11) is 0. The Morgan fingerprint density at radius 1 is 1.29 bits per heavy atom. The second kappa shape index (κ2) is 4.18. The van der Waals surface area contributed by atoms with E-state index in [-0.39, 0.29) is 0 Å². The van der Waals surface area contributed by atoms with Gasteiger partial charge in [0.15, 0.2) is 5.82 Å². The highest BCUT2D eigenvalue weighted by Gasteiger charge is 2.16. The van der Waals surface area contributed by atoms with Crippen LogP contribution in [0.3, 0.4) is 0 Å². The topological polar surface area (TPSA) is 30.7 Å². The highest BCUT2D eigenvalue weighted by molar-refractivity contribution is 7.98. The number of fused-ring (bicyclic) bond motifs is 1. The molecule has 17 heavy (non-hydrogen) atoms. The average Bonchev–Trinajstić information content (AvgIpc) is 2.89. The van der Waals surface area contributed by atoms with Crippen LogP contribution in [0, 0.1) is 0 Å². The molecule has 1 aliphatic heterocycles. The van der Waals surface area contributed by atoms with Gasteiger partial charge in [0.05, 0.1) is 5.69 Å². The summed E-state index contributed by atoms with van der Waals surface area (Å²) in [6.45, 7) is 4.35. The molecular weight excluding hydrogens is 230 g/mol. The Balaban J connectivity index is 1.92. The van der Waals surface area contributed by atoms with E-state index < -0.39 is 0 Å². The second-order valence-corrected chi connectivity index (χ2v) is 5.63. The fraction of sp³-hybridized carbons (Fsp3) is 0.385. The summed E-state index contributed by atoms with van der Waals surface area (Å²) in [6, 6.07) is 4.18. The molecule has 3 rings (SSSR count). The van der Waals surface area contributed by atoms with Crippen LogP contribution in [0.1, 0.15) is 36.6 Å². The normalized spacial score (nSPS) is 14.3. The SMILES string of the molecule is CC(C)c1ccc(-n2cc3c(n2)CSC3)nc1. The van der Waals surface area contributed by atoms with Gasteiger partial charge < -0.3 is 0 Å². The molecule has 2 aromatic heterocycles. The lowest BCUT2D eigenvalue weighted by molar-refractivity contribution is 0.812. The van der Waals surface area contributed by atoms with Gasteiger partial charge in [-0.1, -0.05) is 19.9 Å². The molecule has 0 bridgehead atoms. The molecule has 0 fully saturated rings. The van der Waals surface area contributed by atoms with Crippen LogP contribution in [0.5, 0.6) is 0 Å². The first-order chi connectivity index (χ1) is 8.24. The monoisotopic (exact) mass is 245 g/mol. The summed E-state index contributed by atoms with van der Waals surface area (Å²) in [5.74, 6) is 3.55. The number of rotatable bonds is 2. The van der Waals surface area contributed by atoms with E-state index in [0.29, 0.717) is 5.92 Å². The van der Waals surface area contributed by atoms with Crippen molar-refractivity contribution in [2.45, 2.75) is 31.3 Å². The van der Waals surface area contributed by atoms with Crippen LogP contribution >= 0.6 is 11.8 Å². The maximum Gasteiger partial charge on any atom is 0.153 e. The minimum absolute atomic E-state index is 0.524. The molecule has 3 heterocycles. The van der Waals surface area contributed by atoms with Crippen molar-refractivity contribution in [3.63, 3.8) is 0 Å². The largest absolute Gasteiger partial charge is 0.237 e. The van der Waals surface area contributed by atoms with E-state index in [0.717, 1.165) is 17.3 Å². The smallest absolute Gasteiger partial charge is 0.153 e. The lowest BCUT2D eigenvalue weighted by atomic mass is 10.1. The Morgan fingerprint density at radius 2 is 2.18 bits per heavy atom. The zero-order valence-electron chi connectivity index (χ0n) is 10.1. The summed E-state index contributed by atoms with van der Waals surface area (Å²) in [5.41, 5.74) is 3.83. The molecule has 0 radical (unpaired) electrons. The van der Waals surface area contributed by atoms with Crippen molar-refractivity contribution < 1.29 is 0 Å². The quantitative estimate of drug-likeness (QED) is 0.814. The molecule has 0 unspecified atom stereocenters. The lowest BCUT2D eigenvalue weighted by Crippen LogP contribution is -2.00. The highest BCUT2D eigenvalue weighted by atomic mass is 32.2. The summed E-state index contributed by atoms with van der Waals surface area (Å²) >= 11 is 1.92. The molecular formula is C13H15N3S. The third-order valence-electron chi connectivity index (χ3n) is 3.05. The van der Waals surface area contributed by atoms with Gasteiger partial charge in [-0.3, -0.25) is 0 Å². The van der Waals surface area contributed by atoms with Gasteiger partial charge >= 0.3 is 0 Å². The molecule has 3 nitrogen and oxygen atoms in total. The van der Waals surface area contributed by atoms with Crippen molar-refractivity contribution in [1.29, 1.82) is 0 Å². The first kappa shape index (κ1) is 10.8. The summed E-state index contributed by atoms with van der Waals surface area (Å²) in [5, 5.41) is 4.57. The van der Waals surface area contributed by atoms with Gasteiger partial charge in [-0.15, -0.1) is 0 Å². The minimum Gasteiger partial charge on any atom is -0.237 e. The Bertz CT molecular complexity index is 507. The van der Waals surface area contributed by atoms with Crippen LogP contribution in [-0.4, -0.2) is 14.8 Å². The molecule has 0 saturated heterocycles. The maximum atomic E-state index is 4.57. The Morgan fingerprint density at radius 3 is 2.82 bits per heavy atom. The fourth-order valence-corrected chi connectivity index (χ4v) is 2.94. The maximum absolute atomic E-state index is 4.57. The number of aromatic nitrogens is 3. The van der Waals surface area contributed by atoms with Crippen LogP contribution < -0.4 is 0 Å². The lowest BCUT2D eigenvalue weighted by Gasteiger charge is -2.06. The molecule has 4 heteroatoms. The van der Waals surface area contributed by atoms with Gasteiger partial charge in [0.2, 0.25) is 0 Å². The standard InChI is InChI=1S/C13H15N3S/c1-9(2)10-3-4-13(14-5-10)16-6-11-7-17-8-12(11)15-16/h3-6,9H,7-8H2,1-2H3. The molecule has 0 atom stereocenters. The van der Waals surface area contributed by atoms with Crippen molar-refractivity contribution >= 4 is 11.8 Å². The number of hydrogen-bond acceptors (Lipinski definition) is 3. The van der Waals surface area contributed by atoms with Crippen LogP contribution in [0.25, 0.3) is 5.82 Å². The molecule has 1 aliphatic rings. The van der Waals surface area contributed by atoms with Crippen molar-refractivity contribution in [2.75, 3.05) is 0 Å². The number of nitrogens with zero attached hydrogens (tertiary/aromatic N) is 3. The van der Waals surface area contributed by atoms with Crippen LogP contribution in [0.2, 0.25) is 0 Å². The highest BCUT2D eigenvalue weighted by Crippen LogP contribution is 2.29. The molecule has 0 amide bonds. The number of pyridine rings is 1. The second-order valence-electron chi connectivity index (χ2n) is 4.64. The zero-order chi connectivity index (χ0) is 11.8. The van der Waals surface area contributed by atoms with Crippen molar-refractivity contribution in [3.05, 3.63) is 41.3 Å². The van der Waals surface area contributed by atoms with E-state index in [1.807, 2.05) is 28.7 Å². The average molecular weight is 245 g/mol. The van der Waals surface area contributed by atoms with Gasteiger partial charge in [-0.2, -0.15) is 16.9 Å². The van der Waals surface area contributed by atoms with Crippen LogP contribution in [0.15, 0.2) is 24.5 Å². The Kier molecular flexibility index (Phi) is 2.67. The molecule has 88 valence electrons. The van der Waals surface area contributed by atoms with E-state index >= 15 is 0 Å². The van der Waals surface area contributed by atoms with Crippen LogP contribution in [0.4, 0.5) is 0 Å². The molecule has 2 aromatic rings. The van der Waals surface area contributed by atoms with Gasteiger partial charge in [0, 0.05) is 29.5 Å². The summed E-state index contributed by atoms with van der Waals surface area (Å²) in [4.78, 5) is 4.48. The summed E-state index contributed by atoms with van der Waals surface area (Å²) < 4.78 is 1.90. The molecule has 0 saturated carbocycles. The van der Waals surface area contributed by atoms with Crippen molar-refractivity contribution in [2.24, 2.45) is 0 Å². The first-order valence-electron chi connectivity index (χ1n) is 5.85. The van der Waals surface area contributed by atoms with Crippen LogP contribution in [-0.2, 0) is 11.5 Å². The van der Waals surface area contributed by atoms with E-state index in [1.165, 1.54) is 16.8 Å². The minimum atomic E-state index is 0.524. The van der Waals surface area contributed by atoms with Gasteiger partial charge in [0.1, 0.15) is 0 Å². The third-order valence-corrected chi connectivity index (χ3v) is 4.04. The van der Waals surface area contributed by atoms with Gasteiger partial charge in [-0.25, -0.2) is 9.67 Å². The molecule has 0 aromatic carbocycles. The van der Waals surface area contributed by atoms with E-state index in [1.54, 1.807) is 0 Å². The fourth-order valence-electron chi connectivity index (χ4n) is 1.94. The predicted molar refractivity (Wildman–Crippen MR) is 70.4 cm³/mol. The summed E-state index contributed by atoms with van der Waals surface area (Å²) in [6.07, 6.45) is 4.05. The predicted octanol–water partition coefficient (Wildman–Crippen LogP) is 3.14. The molecule has 0 N–H and O–H groups in total. The number of thioether (sulfide) groups is 1. The van der Waals surface area contributed by atoms with Crippen molar-refractivity contribution in [3.8, 4) is 5.82 Å². The zero-order valence-corrected chi connectivity index (χ0v) is 10.9. The molecule has 0 spiro atoms. The van der Waals surface area contributed by atoms with Gasteiger partial charge in [0.25, 0.3) is 0 Å². The van der Waals surface area contributed by atoms with Crippen molar-refractivity contribution in [1.82, 2.24) is 14.8 Å². The Labute approximate surface area is 105 Å². The molecule has 0 aliphatic carbocycles. The van der Waals surface area contributed by atoms with E-state index in [2.05, 4.69) is 36.2 Å². The first-order valence-corrected chi connectivity index (χ1v) is 7.01. The Hall–Kier alpha value is -1.29. The van der Waals surface area contributed by atoms with Gasteiger partial charge in [-0.05, 0) is 17.5 Å². The third kappa shape index (κ3) is 1.97. The van der Waals surface area contributed by atoms with E-state index in [9.17, 15) is 0 Å².